The summed E-state index contributed by atoms with van der Waals surface area (Å²) in [5.41, 5.74) is 1.55. The number of nitrogens with zero attached hydrogens (tertiary/aromatic N) is 5. The molecule has 0 radical (unpaired) electrons. The van der Waals surface area contributed by atoms with E-state index in [9.17, 15) is 30.3 Å². The molecule has 1 aliphatic heterocycles. The Balaban J connectivity index is 0.000000174. The number of ether oxygens (including phenoxy) is 2. The number of benzene rings is 2. The largest absolute Gasteiger partial charge is 0.454 e. The molecule has 0 saturated carbocycles. The summed E-state index contributed by atoms with van der Waals surface area (Å²) in [5, 5.41) is 34.3. The van der Waals surface area contributed by atoms with Crippen molar-refractivity contribution in [3.8, 4) is 11.5 Å². The van der Waals surface area contributed by atoms with Crippen molar-refractivity contribution in [2.24, 2.45) is 7.05 Å². The molecule has 0 aliphatic carbocycles. The predicted molar refractivity (Wildman–Crippen MR) is 112 cm³/mol. The second-order valence-electron chi connectivity index (χ2n) is 6.42. The number of aromatic nitrogens is 2. The zero-order valence-electron chi connectivity index (χ0n) is 17.3. The maximum Gasteiger partial charge on any atom is 0.306 e. The van der Waals surface area contributed by atoms with Gasteiger partial charge in [-0.1, -0.05) is 18.2 Å². The first kappa shape index (κ1) is 23.7. The van der Waals surface area contributed by atoms with Crippen LogP contribution in [-0.4, -0.2) is 31.3 Å². The number of para-hydroxylation sites is 1. The summed E-state index contributed by atoms with van der Waals surface area (Å²) >= 11 is 0. The number of nitro benzene ring substituents is 2. The van der Waals surface area contributed by atoms with Gasteiger partial charge < -0.3 is 9.47 Å². The highest BCUT2D eigenvalue weighted by Crippen LogP contribution is 2.37. The summed E-state index contributed by atoms with van der Waals surface area (Å²) in [5.74, 6) is 1.01. The lowest BCUT2D eigenvalue weighted by molar-refractivity contribution is -0.385. The van der Waals surface area contributed by atoms with Crippen LogP contribution in [-0.2, 0) is 7.05 Å². The van der Waals surface area contributed by atoms with E-state index in [1.54, 1.807) is 45.2 Å². The van der Waals surface area contributed by atoms with Gasteiger partial charge in [0, 0.05) is 24.2 Å². The van der Waals surface area contributed by atoms with Gasteiger partial charge in [0.2, 0.25) is 6.79 Å². The first-order chi connectivity index (χ1) is 15.1. The highest BCUT2D eigenvalue weighted by Gasteiger charge is 2.20. The average Bonchev–Trinajstić information content (AvgIpc) is 3.36. The fourth-order valence-electron chi connectivity index (χ4n) is 2.50. The van der Waals surface area contributed by atoms with Crippen molar-refractivity contribution >= 4 is 17.1 Å². The average molecular weight is 445 g/mol. The van der Waals surface area contributed by atoms with Gasteiger partial charge >= 0.3 is 5.69 Å². The van der Waals surface area contributed by atoms with Crippen molar-refractivity contribution in [1.82, 2.24) is 9.78 Å². The number of hydrogen-bond acceptors (Lipinski definition) is 9. The Bertz CT molecular complexity index is 1140. The van der Waals surface area contributed by atoms with Crippen LogP contribution in [0.4, 0.5) is 17.1 Å². The molecule has 3 aromatic rings. The Morgan fingerprint density at radius 2 is 1.47 bits per heavy atom. The van der Waals surface area contributed by atoms with E-state index in [1.807, 2.05) is 0 Å². The minimum absolute atomic E-state index is 0.0255. The molecule has 2 aromatic carbocycles. The summed E-state index contributed by atoms with van der Waals surface area (Å²) in [6.45, 7) is 3.52. The summed E-state index contributed by atoms with van der Waals surface area (Å²) in [6, 6.07) is 9.65. The second kappa shape index (κ2) is 10.5. The predicted octanol–water partition coefficient (Wildman–Crippen LogP) is 3.86. The van der Waals surface area contributed by atoms with Crippen LogP contribution in [0, 0.1) is 44.2 Å². The van der Waals surface area contributed by atoms with E-state index >= 15 is 0 Å². The Labute approximate surface area is 181 Å². The summed E-state index contributed by atoms with van der Waals surface area (Å²) in [7, 11) is 1.63. The Morgan fingerprint density at radius 1 is 0.875 bits per heavy atom. The molecule has 168 valence electrons. The first-order valence-electron chi connectivity index (χ1n) is 8.97. The molecule has 13 nitrogen and oxygen atoms in total. The summed E-state index contributed by atoms with van der Waals surface area (Å²) in [4.78, 5) is 29.4. The molecule has 1 aromatic heterocycles. The van der Waals surface area contributed by atoms with Gasteiger partial charge in [-0.25, -0.2) is 0 Å². The zero-order valence-corrected chi connectivity index (χ0v) is 17.3. The molecule has 0 saturated heterocycles. The maximum absolute atomic E-state index is 10.5. The van der Waals surface area contributed by atoms with Gasteiger partial charge in [-0.2, -0.15) is 5.10 Å². The molecule has 0 bridgehead atoms. The van der Waals surface area contributed by atoms with E-state index in [-0.39, 0.29) is 28.8 Å². The topological polar surface area (TPSA) is 166 Å². The van der Waals surface area contributed by atoms with E-state index < -0.39 is 9.85 Å². The molecule has 2 heterocycles. The van der Waals surface area contributed by atoms with Crippen molar-refractivity contribution < 1.29 is 24.2 Å². The fourth-order valence-corrected chi connectivity index (χ4v) is 2.50. The van der Waals surface area contributed by atoms with Crippen LogP contribution in [0.5, 0.6) is 11.5 Å². The molecular weight excluding hydrogens is 426 g/mol. The lowest BCUT2D eigenvalue weighted by atomic mass is 10.2. The van der Waals surface area contributed by atoms with Gasteiger partial charge in [-0.05, 0) is 19.9 Å². The van der Waals surface area contributed by atoms with E-state index in [0.29, 0.717) is 22.6 Å². The molecule has 0 unspecified atom stereocenters. The van der Waals surface area contributed by atoms with Crippen LogP contribution in [0.25, 0.3) is 0 Å². The molecule has 13 heteroatoms. The molecule has 4 rings (SSSR count). The molecule has 0 amide bonds. The van der Waals surface area contributed by atoms with E-state index in [4.69, 9.17) is 9.47 Å². The molecule has 0 spiro atoms. The number of hydrogen-bond donors (Lipinski definition) is 0. The fraction of sp³-hybridized carbons (Fsp3) is 0.211. The third-order valence-electron chi connectivity index (χ3n) is 4.10. The normalized spacial score (nSPS) is 10.8. The standard InChI is InChI=1S/C8H7NO4.C7H7NO2.C4H5N3O2/c1-5-2-7-8(13-4-12-7)3-6(5)9(10)11;1-6-4-2-3-5-7(6)8(9)10;1-6-3-4(2-5-6)7(8)9/h2-3H,4H2,1H3;2-5H,1H3;2-3H,1H3. The van der Waals surface area contributed by atoms with Gasteiger partial charge in [0.05, 0.1) is 20.8 Å². The molecule has 0 N–H and O–H groups in total. The Morgan fingerprint density at radius 3 is 1.91 bits per heavy atom. The maximum atomic E-state index is 10.5. The van der Waals surface area contributed by atoms with E-state index in [2.05, 4.69) is 5.10 Å². The highest BCUT2D eigenvalue weighted by atomic mass is 16.7. The Hall–Kier alpha value is -4.55. The van der Waals surface area contributed by atoms with Crippen LogP contribution in [0.2, 0.25) is 0 Å². The van der Waals surface area contributed by atoms with Crippen LogP contribution in [0.15, 0.2) is 48.8 Å². The third kappa shape index (κ3) is 6.22. The van der Waals surface area contributed by atoms with Crippen molar-refractivity contribution in [3.05, 3.63) is 90.3 Å². The lowest BCUT2D eigenvalue weighted by Crippen LogP contribution is -1.93. The second-order valence-corrected chi connectivity index (χ2v) is 6.42. The number of rotatable bonds is 3. The zero-order chi connectivity index (χ0) is 23.8. The summed E-state index contributed by atoms with van der Waals surface area (Å²) in [6.07, 6.45) is 2.56. The molecular formula is C19H19N5O8. The Kier molecular flexibility index (Phi) is 7.76. The number of aryl methyl sites for hydroxylation is 3. The van der Waals surface area contributed by atoms with Crippen LogP contribution in [0.1, 0.15) is 11.1 Å². The van der Waals surface area contributed by atoms with Crippen molar-refractivity contribution in [3.63, 3.8) is 0 Å². The van der Waals surface area contributed by atoms with Gasteiger partial charge in [-0.15, -0.1) is 0 Å². The van der Waals surface area contributed by atoms with Crippen LogP contribution >= 0.6 is 0 Å². The molecule has 1 aliphatic rings. The highest BCUT2D eigenvalue weighted by molar-refractivity contribution is 5.54. The molecule has 32 heavy (non-hydrogen) atoms. The quantitative estimate of drug-likeness (QED) is 0.429. The van der Waals surface area contributed by atoms with Crippen LogP contribution in [0.3, 0.4) is 0 Å². The lowest BCUT2D eigenvalue weighted by Gasteiger charge is -1.98. The van der Waals surface area contributed by atoms with Crippen LogP contribution < -0.4 is 9.47 Å². The smallest absolute Gasteiger partial charge is 0.306 e. The van der Waals surface area contributed by atoms with Gasteiger partial charge in [0.1, 0.15) is 12.4 Å². The SMILES string of the molecule is Cc1cc2c(cc1[N+](=O)[O-])OCO2.Cc1ccccc1[N+](=O)[O-].Cn1cc([N+](=O)[O-])cn1. The third-order valence-corrected chi connectivity index (χ3v) is 4.10. The minimum atomic E-state index is -0.479. The van der Waals surface area contributed by atoms with E-state index in [0.717, 1.165) is 0 Å². The monoisotopic (exact) mass is 445 g/mol. The van der Waals surface area contributed by atoms with Gasteiger partial charge in [0.15, 0.2) is 11.5 Å². The molecule has 0 fully saturated rings. The van der Waals surface area contributed by atoms with E-state index in [1.165, 1.54) is 29.2 Å². The van der Waals surface area contributed by atoms with Gasteiger partial charge in [-0.3, -0.25) is 35.0 Å². The number of fused-ring (bicyclic) bond motifs is 1. The first-order valence-corrected chi connectivity index (χ1v) is 8.97. The summed E-state index contributed by atoms with van der Waals surface area (Å²) < 4.78 is 11.5. The van der Waals surface area contributed by atoms with Crippen molar-refractivity contribution in [1.29, 1.82) is 0 Å². The molecule has 0 atom stereocenters. The van der Waals surface area contributed by atoms with Crippen molar-refractivity contribution in [2.45, 2.75) is 13.8 Å². The van der Waals surface area contributed by atoms with Gasteiger partial charge in [0.25, 0.3) is 11.4 Å². The van der Waals surface area contributed by atoms with Crippen molar-refractivity contribution in [2.75, 3.05) is 6.79 Å². The minimum Gasteiger partial charge on any atom is -0.454 e. The number of nitro groups is 3.